The first-order chi connectivity index (χ1) is 12.6. The van der Waals surface area contributed by atoms with Crippen LogP contribution >= 0.6 is 43.6 Å². The molecule has 1 N–H and O–H groups in total. The van der Waals surface area contributed by atoms with Crippen molar-refractivity contribution in [3.63, 3.8) is 0 Å². The first-order valence-electron chi connectivity index (χ1n) is 7.27. The van der Waals surface area contributed by atoms with E-state index in [-0.39, 0.29) is 11.7 Å². The van der Waals surface area contributed by atoms with Crippen LogP contribution in [-0.2, 0) is 4.79 Å². The predicted molar refractivity (Wildman–Crippen MR) is 105 cm³/mol. The van der Waals surface area contributed by atoms with Gasteiger partial charge in [-0.3, -0.25) is 4.79 Å². The van der Waals surface area contributed by atoms with E-state index in [9.17, 15) is 4.79 Å². The van der Waals surface area contributed by atoms with Crippen molar-refractivity contribution >= 4 is 55.3 Å². The molecule has 3 aromatic rings. The minimum Gasteiger partial charge on any atom is -0.496 e. The Bertz CT molecular complexity index is 935. The number of benzene rings is 1. The summed E-state index contributed by atoms with van der Waals surface area (Å²) in [5.74, 6) is 1.29. The Morgan fingerprint density at radius 3 is 2.88 bits per heavy atom. The fourth-order valence-electron chi connectivity index (χ4n) is 2.00. The molecule has 2 heterocycles. The molecule has 1 aromatic carbocycles. The Hall–Kier alpha value is -1.91. The van der Waals surface area contributed by atoms with Gasteiger partial charge in [0.1, 0.15) is 11.6 Å². The van der Waals surface area contributed by atoms with Gasteiger partial charge in [-0.15, -0.1) is 10.2 Å². The summed E-state index contributed by atoms with van der Waals surface area (Å²) in [5, 5.41) is 11.0. The first-order valence-corrected chi connectivity index (χ1v) is 9.84. The minimum atomic E-state index is -0.234. The van der Waals surface area contributed by atoms with Crippen molar-refractivity contribution in [2.45, 2.75) is 5.22 Å². The second kappa shape index (κ2) is 8.65. The van der Waals surface area contributed by atoms with Crippen LogP contribution in [0.3, 0.4) is 0 Å². The van der Waals surface area contributed by atoms with Gasteiger partial charge in [0.25, 0.3) is 11.1 Å². The Morgan fingerprint density at radius 2 is 2.12 bits per heavy atom. The highest BCUT2D eigenvalue weighted by Gasteiger charge is 2.15. The van der Waals surface area contributed by atoms with Crippen molar-refractivity contribution in [3.8, 4) is 17.2 Å². The minimum absolute atomic E-state index is 0.109. The molecule has 0 fully saturated rings. The zero-order valence-electron chi connectivity index (χ0n) is 13.4. The number of nitrogens with zero attached hydrogens (tertiary/aromatic N) is 3. The van der Waals surface area contributed by atoms with E-state index in [4.69, 9.17) is 9.15 Å². The SMILES string of the molecule is COc1ccccc1-c1nnc(SCC(=O)Nc2ncc(Br)cc2Br)o1. The van der Waals surface area contributed by atoms with Gasteiger partial charge in [-0.2, -0.15) is 0 Å². The molecule has 0 unspecified atom stereocenters. The van der Waals surface area contributed by atoms with E-state index in [0.717, 1.165) is 16.2 Å². The molecule has 0 aliphatic rings. The molecule has 26 heavy (non-hydrogen) atoms. The molecule has 0 saturated carbocycles. The number of hydrogen-bond acceptors (Lipinski definition) is 7. The topological polar surface area (TPSA) is 90.1 Å². The number of methoxy groups -OCH3 is 1. The molecule has 10 heteroatoms. The third-order valence-corrected chi connectivity index (χ3v) is 4.99. The van der Waals surface area contributed by atoms with Crippen LogP contribution in [0.15, 0.2) is 55.1 Å². The van der Waals surface area contributed by atoms with E-state index in [2.05, 4.69) is 52.4 Å². The molecule has 0 saturated heterocycles. The number of pyridine rings is 1. The molecule has 2 aromatic heterocycles. The van der Waals surface area contributed by atoms with Crippen LogP contribution in [0.2, 0.25) is 0 Å². The number of ether oxygens (including phenoxy) is 1. The maximum absolute atomic E-state index is 12.1. The lowest BCUT2D eigenvalue weighted by molar-refractivity contribution is -0.113. The zero-order valence-corrected chi connectivity index (χ0v) is 17.4. The number of thioether (sulfide) groups is 1. The number of carbonyl (C=O) groups excluding carboxylic acids is 1. The van der Waals surface area contributed by atoms with Crippen molar-refractivity contribution < 1.29 is 13.9 Å². The summed E-state index contributed by atoms with van der Waals surface area (Å²) in [6.07, 6.45) is 1.60. The summed E-state index contributed by atoms with van der Waals surface area (Å²) in [6.45, 7) is 0. The number of nitrogens with one attached hydrogen (secondary N) is 1. The van der Waals surface area contributed by atoms with E-state index in [1.54, 1.807) is 19.4 Å². The van der Waals surface area contributed by atoms with Gasteiger partial charge in [0.15, 0.2) is 0 Å². The van der Waals surface area contributed by atoms with E-state index in [0.29, 0.717) is 32.7 Å². The molecule has 0 spiro atoms. The Labute approximate surface area is 170 Å². The summed E-state index contributed by atoms with van der Waals surface area (Å²) in [6, 6.07) is 9.14. The van der Waals surface area contributed by atoms with Crippen LogP contribution < -0.4 is 10.1 Å². The third kappa shape index (κ3) is 4.63. The highest BCUT2D eigenvalue weighted by atomic mass is 79.9. The fourth-order valence-corrected chi connectivity index (χ4v) is 3.65. The van der Waals surface area contributed by atoms with Crippen LogP contribution in [0.25, 0.3) is 11.5 Å². The van der Waals surface area contributed by atoms with Crippen LogP contribution in [0, 0.1) is 0 Å². The number of rotatable bonds is 6. The number of anilines is 1. The molecular weight excluding hydrogens is 488 g/mol. The van der Waals surface area contributed by atoms with Gasteiger partial charge in [-0.05, 0) is 50.1 Å². The predicted octanol–water partition coefficient (Wildman–Crippen LogP) is 4.40. The largest absolute Gasteiger partial charge is 0.496 e. The number of para-hydroxylation sites is 1. The molecule has 3 rings (SSSR count). The molecule has 0 aliphatic carbocycles. The zero-order chi connectivity index (χ0) is 18.5. The second-order valence-electron chi connectivity index (χ2n) is 4.89. The normalized spacial score (nSPS) is 10.6. The van der Waals surface area contributed by atoms with Gasteiger partial charge in [0.05, 0.1) is 22.9 Å². The molecule has 0 aliphatic heterocycles. The van der Waals surface area contributed by atoms with E-state index >= 15 is 0 Å². The molecule has 7 nitrogen and oxygen atoms in total. The van der Waals surface area contributed by atoms with E-state index in [1.807, 2.05) is 24.3 Å². The average molecular weight is 500 g/mol. The van der Waals surface area contributed by atoms with Crippen molar-refractivity contribution in [1.82, 2.24) is 15.2 Å². The molecule has 0 bridgehead atoms. The van der Waals surface area contributed by atoms with Gasteiger partial charge in [-0.1, -0.05) is 23.9 Å². The molecule has 134 valence electrons. The van der Waals surface area contributed by atoms with Crippen molar-refractivity contribution in [1.29, 1.82) is 0 Å². The van der Waals surface area contributed by atoms with Crippen molar-refractivity contribution in [2.75, 3.05) is 18.2 Å². The lowest BCUT2D eigenvalue weighted by Crippen LogP contribution is -2.15. The molecular formula is C16H12Br2N4O3S. The number of aromatic nitrogens is 3. The van der Waals surface area contributed by atoms with Crippen molar-refractivity contribution in [2.24, 2.45) is 0 Å². The Morgan fingerprint density at radius 1 is 1.31 bits per heavy atom. The maximum Gasteiger partial charge on any atom is 0.277 e. The maximum atomic E-state index is 12.1. The molecule has 0 radical (unpaired) electrons. The van der Waals surface area contributed by atoms with Crippen LogP contribution in [0.5, 0.6) is 5.75 Å². The van der Waals surface area contributed by atoms with Gasteiger partial charge >= 0.3 is 0 Å². The number of halogens is 2. The highest BCUT2D eigenvalue weighted by molar-refractivity contribution is 9.11. The number of hydrogen-bond donors (Lipinski definition) is 1. The van der Waals surface area contributed by atoms with Gasteiger partial charge in [-0.25, -0.2) is 4.98 Å². The lowest BCUT2D eigenvalue weighted by atomic mass is 10.2. The van der Waals surface area contributed by atoms with E-state index in [1.165, 1.54) is 0 Å². The van der Waals surface area contributed by atoms with Crippen LogP contribution in [0.1, 0.15) is 0 Å². The quantitative estimate of drug-likeness (QED) is 0.502. The monoisotopic (exact) mass is 498 g/mol. The average Bonchev–Trinajstić information content (AvgIpc) is 3.11. The Balaban J connectivity index is 1.62. The van der Waals surface area contributed by atoms with Crippen LogP contribution in [0.4, 0.5) is 5.82 Å². The van der Waals surface area contributed by atoms with E-state index < -0.39 is 0 Å². The van der Waals surface area contributed by atoms with Gasteiger partial charge in [0.2, 0.25) is 5.91 Å². The van der Waals surface area contributed by atoms with Crippen molar-refractivity contribution in [3.05, 3.63) is 45.5 Å². The smallest absolute Gasteiger partial charge is 0.277 e. The Kier molecular flexibility index (Phi) is 6.28. The number of amides is 1. The van der Waals surface area contributed by atoms with Crippen LogP contribution in [-0.4, -0.2) is 34.0 Å². The summed E-state index contributed by atoms with van der Waals surface area (Å²) in [5.41, 5.74) is 0.696. The highest BCUT2D eigenvalue weighted by Crippen LogP contribution is 2.30. The lowest BCUT2D eigenvalue weighted by Gasteiger charge is -2.05. The second-order valence-corrected chi connectivity index (χ2v) is 7.59. The summed E-state index contributed by atoms with van der Waals surface area (Å²) in [7, 11) is 1.57. The summed E-state index contributed by atoms with van der Waals surface area (Å²) < 4.78 is 12.4. The molecule has 1 amide bonds. The summed E-state index contributed by atoms with van der Waals surface area (Å²) >= 11 is 7.80. The third-order valence-electron chi connectivity index (χ3n) is 3.14. The summed E-state index contributed by atoms with van der Waals surface area (Å²) in [4.78, 5) is 16.2. The van der Waals surface area contributed by atoms with Gasteiger partial charge in [0, 0.05) is 10.7 Å². The standard InChI is InChI=1S/C16H12Br2N4O3S/c1-24-12-5-3-2-4-10(12)15-21-22-16(25-15)26-8-13(23)20-14-11(18)6-9(17)7-19-14/h2-7H,8H2,1H3,(H,19,20,23). The van der Waals surface area contributed by atoms with Gasteiger partial charge < -0.3 is 14.5 Å². The fraction of sp³-hybridized carbons (Fsp3) is 0.125. The molecule has 0 atom stereocenters. The number of carbonyl (C=O) groups is 1. The first kappa shape index (κ1) is 18.9.